The summed E-state index contributed by atoms with van der Waals surface area (Å²) >= 11 is 6.02. The van der Waals surface area contributed by atoms with Crippen molar-refractivity contribution in [2.24, 2.45) is 0 Å². The lowest BCUT2D eigenvalue weighted by Crippen LogP contribution is -1.84. The number of hydrogen-bond donors (Lipinski definition) is 1. The number of benzene rings is 2. The molecule has 0 saturated heterocycles. The van der Waals surface area contributed by atoms with E-state index in [1.165, 1.54) is 0 Å². The lowest BCUT2D eigenvalue weighted by Gasteiger charge is -1.97. The number of allylic oxidation sites excluding steroid dienone is 1. The fourth-order valence-corrected chi connectivity index (χ4v) is 2.79. The molecule has 4 aromatic rings. The summed E-state index contributed by atoms with van der Waals surface area (Å²) in [5.74, 6) is 1.78. The maximum atomic E-state index is 9.49. The van der Waals surface area contributed by atoms with Crippen LogP contribution in [0.4, 0.5) is 0 Å². The van der Waals surface area contributed by atoms with E-state index in [0.717, 1.165) is 16.6 Å². The number of aromatic nitrogens is 2. The zero-order valence-corrected chi connectivity index (χ0v) is 13.8. The SMILES string of the molecule is N#C/C(=C/c1ccc(-c2cccc(Cl)c2)o1)c1nc2ccccc2[nH]1. The molecular formula is C20H12ClN3O. The highest BCUT2D eigenvalue weighted by atomic mass is 35.5. The van der Waals surface area contributed by atoms with E-state index in [4.69, 9.17) is 16.0 Å². The molecule has 0 amide bonds. The van der Waals surface area contributed by atoms with Gasteiger partial charge in [0.05, 0.1) is 16.6 Å². The highest BCUT2D eigenvalue weighted by molar-refractivity contribution is 6.30. The Morgan fingerprint density at radius 1 is 1.12 bits per heavy atom. The van der Waals surface area contributed by atoms with Gasteiger partial charge in [-0.3, -0.25) is 0 Å². The number of nitriles is 1. The molecule has 0 spiro atoms. The number of fused-ring (bicyclic) bond motifs is 1. The molecule has 5 heteroatoms. The lowest BCUT2D eigenvalue weighted by atomic mass is 10.2. The van der Waals surface area contributed by atoms with Crippen LogP contribution in [0.3, 0.4) is 0 Å². The number of furan rings is 1. The van der Waals surface area contributed by atoms with Gasteiger partial charge < -0.3 is 9.40 Å². The van der Waals surface area contributed by atoms with Gasteiger partial charge in [-0.15, -0.1) is 0 Å². The van der Waals surface area contributed by atoms with Crippen LogP contribution in [0.1, 0.15) is 11.6 Å². The molecule has 4 nitrogen and oxygen atoms in total. The summed E-state index contributed by atoms with van der Waals surface area (Å²) in [5, 5.41) is 10.1. The minimum atomic E-state index is 0.406. The topological polar surface area (TPSA) is 65.6 Å². The van der Waals surface area contributed by atoms with Crippen molar-refractivity contribution in [2.45, 2.75) is 0 Å². The van der Waals surface area contributed by atoms with Crippen LogP contribution in [-0.2, 0) is 0 Å². The smallest absolute Gasteiger partial charge is 0.149 e. The number of halogens is 1. The molecule has 1 N–H and O–H groups in total. The molecule has 0 radical (unpaired) electrons. The molecule has 0 aliphatic rings. The number of rotatable bonds is 3. The number of H-pyrrole nitrogens is 1. The second kappa shape index (κ2) is 6.31. The first kappa shape index (κ1) is 15.3. The number of imidazole rings is 1. The normalized spacial score (nSPS) is 11.6. The molecular weight excluding hydrogens is 334 g/mol. The van der Waals surface area contributed by atoms with Crippen LogP contribution in [0, 0.1) is 11.3 Å². The van der Waals surface area contributed by atoms with Crippen molar-refractivity contribution >= 4 is 34.3 Å². The summed E-state index contributed by atoms with van der Waals surface area (Å²) in [4.78, 5) is 7.60. The Balaban J connectivity index is 1.70. The van der Waals surface area contributed by atoms with Crippen molar-refractivity contribution < 1.29 is 4.42 Å². The maximum Gasteiger partial charge on any atom is 0.149 e. The van der Waals surface area contributed by atoms with Gasteiger partial charge >= 0.3 is 0 Å². The minimum absolute atomic E-state index is 0.406. The van der Waals surface area contributed by atoms with E-state index in [2.05, 4.69) is 16.0 Å². The fourth-order valence-electron chi connectivity index (χ4n) is 2.60. The van der Waals surface area contributed by atoms with Crippen LogP contribution in [0.25, 0.3) is 34.0 Å². The molecule has 0 saturated carbocycles. The van der Waals surface area contributed by atoms with Gasteiger partial charge in [-0.2, -0.15) is 5.26 Å². The number of hydrogen-bond acceptors (Lipinski definition) is 3. The first-order chi connectivity index (χ1) is 12.2. The van der Waals surface area contributed by atoms with Gasteiger partial charge in [-0.05, 0) is 36.4 Å². The summed E-state index contributed by atoms with van der Waals surface area (Å²) in [6, 6.07) is 20.9. The summed E-state index contributed by atoms with van der Waals surface area (Å²) in [5.41, 5.74) is 2.99. The summed E-state index contributed by atoms with van der Waals surface area (Å²) < 4.78 is 5.82. The molecule has 0 unspecified atom stereocenters. The van der Waals surface area contributed by atoms with E-state index >= 15 is 0 Å². The molecule has 0 bridgehead atoms. The fraction of sp³-hybridized carbons (Fsp3) is 0. The summed E-state index contributed by atoms with van der Waals surface area (Å²) in [7, 11) is 0. The van der Waals surface area contributed by atoms with E-state index in [1.807, 2.05) is 60.7 Å². The molecule has 0 fully saturated rings. The standard InChI is InChI=1S/C20H12ClN3O/c21-15-5-3-4-13(10-15)19-9-8-16(25-19)11-14(12-22)20-23-17-6-1-2-7-18(17)24-20/h1-11H,(H,23,24)/b14-11-. The van der Waals surface area contributed by atoms with Crippen LogP contribution < -0.4 is 0 Å². The Labute approximate surface area is 149 Å². The second-order valence-corrected chi connectivity index (χ2v) is 5.92. The third kappa shape index (κ3) is 3.06. The predicted molar refractivity (Wildman–Crippen MR) is 98.7 cm³/mol. The van der Waals surface area contributed by atoms with E-state index in [-0.39, 0.29) is 0 Å². The van der Waals surface area contributed by atoms with Gasteiger partial charge in [0.1, 0.15) is 23.4 Å². The predicted octanol–water partition coefficient (Wildman–Crippen LogP) is 5.54. The third-order valence-corrected chi connectivity index (χ3v) is 4.02. The molecule has 0 aliphatic carbocycles. The Morgan fingerprint density at radius 3 is 2.80 bits per heavy atom. The zero-order valence-electron chi connectivity index (χ0n) is 13.0. The van der Waals surface area contributed by atoms with Gasteiger partial charge in [0, 0.05) is 16.7 Å². The average molecular weight is 346 g/mol. The number of aromatic amines is 1. The third-order valence-electron chi connectivity index (χ3n) is 3.79. The Bertz CT molecular complexity index is 1100. The van der Waals surface area contributed by atoms with Crippen LogP contribution in [0.5, 0.6) is 0 Å². The van der Waals surface area contributed by atoms with E-state index < -0.39 is 0 Å². The second-order valence-electron chi connectivity index (χ2n) is 5.48. The van der Waals surface area contributed by atoms with Crippen molar-refractivity contribution in [1.29, 1.82) is 5.26 Å². The van der Waals surface area contributed by atoms with Crippen molar-refractivity contribution in [3.63, 3.8) is 0 Å². The Hall–Kier alpha value is -3.29. The molecule has 0 aliphatic heterocycles. The van der Waals surface area contributed by atoms with Gasteiger partial charge in [0.25, 0.3) is 0 Å². The Morgan fingerprint density at radius 2 is 2.00 bits per heavy atom. The molecule has 2 aromatic heterocycles. The quantitative estimate of drug-likeness (QED) is 0.496. The molecule has 4 rings (SSSR count). The van der Waals surface area contributed by atoms with Crippen molar-refractivity contribution in [1.82, 2.24) is 9.97 Å². The van der Waals surface area contributed by atoms with Crippen LogP contribution in [-0.4, -0.2) is 9.97 Å². The highest BCUT2D eigenvalue weighted by Crippen LogP contribution is 2.27. The first-order valence-corrected chi connectivity index (χ1v) is 8.03. The lowest BCUT2D eigenvalue weighted by molar-refractivity contribution is 0.572. The van der Waals surface area contributed by atoms with E-state index in [9.17, 15) is 5.26 Å². The largest absolute Gasteiger partial charge is 0.457 e. The van der Waals surface area contributed by atoms with Gasteiger partial charge in [-0.1, -0.05) is 35.9 Å². The maximum absolute atomic E-state index is 9.49. The average Bonchev–Trinajstić information content (AvgIpc) is 3.26. The molecule has 0 atom stereocenters. The van der Waals surface area contributed by atoms with Crippen molar-refractivity contribution in [3.05, 3.63) is 77.3 Å². The monoisotopic (exact) mass is 345 g/mol. The van der Waals surface area contributed by atoms with Crippen LogP contribution >= 0.6 is 11.6 Å². The minimum Gasteiger partial charge on any atom is -0.457 e. The van der Waals surface area contributed by atoms with Crippen LogP contribution in [0.15, 0.2) is 65.1 Å². The van der Waals surface area contributed by atoms with Gasteiger partial charge in [0.2, 0.25) is 0 Å². The van der Waals surface area contributed by atoms with E-state index in [0.29, 0.717) is 27.9 Å². The van der Waals surface area contributed by atoms with Crippen molar-refractivity contribution in [2.75, 3.05) is 0 Å². The molecule has 25 heavy (non-hydrogen) atoms. The summed E-state index contributed by atoms with van der Waals surface area (Å²) in [6.07, 6.45) is 1.67. The summed E-state index contributed by atoms with van der Waals surface area (Å²) in [6.45, 7) is 0. The highest BCUT2D eigenvalue weighted by Gasteiger charge is 2.10. The first-order valence-electron chi connectivity index (χ1n) is 7.65. The molecule has 2 heterocycles. The Kier molecular flexibility index (Phi) is 3.85. The van der Waals surface area contributed by atoms with Gasteiger partial charge in [0.15, 0.2) is 0 Å². The number of nitrogens with one attached hydrogen (secondary N) is 1. The zero-order chi connectivity index (χ0) is 17.2. The van der Waals surface area contributed by atoms with Crippen molar-refractivity contribution in [3.8, 4) is 17.4 Å². The molecule has 2 aromatic carbocycles. The van der Waals surface area contributed by atoms with Crippen LogP contribution in [0.2, 0.25) is 5.02 Å². The number of para-hydroxylation sites is 2. The van der Waals surface area contributed by atoms with E-state index in [1.54, 1.807) is 6.08 Å². The molecule has 120 valence electrons. The number of nitrogens with zero attached hydrogens (tertiary/aromatic N) is 2. The van der Waals surface area contributed by atoms with Gasteiger partial charge in [-0.25, -0.2) is 4.98 Å².